The van der Waals surface area contributed by atoms with E-state index in [-0.39, 0.29) is 11.0 Å². The maximum Gasteiger partial charge on any atom is 0.149 e. The van der Waals surface area contributed by atoms with Crippen LogP contribution in [0.2, 0.25) is 5.15 Å². The molecule has 1 aromatic heterocycles. The molecule has 0 atom stereocenters. The summed E-state index contributed by atoms with van der Waals surface area (Å²) in [5, 5.41) is 0.221. The topological polar surface area (TPSA) is 12.9 Å². The van der Waals surface area contributed by atoms with Gasteiger partial charge in [0.15, 0.2) is 0 Å². The average molecular weight is 268 g/mol. The highest BCUT2D eigenvalue weighted by atomic mass is 35.5. The number of rotatable bonds is 3. The molecule has 0 aliphatic rings. The Morgan fingerprint density at radius 2 is 1.94 bits per heavy atom. The Morgan fingerprint density at radius 1 is 1.17 bits per heavy atom. The van der Waals surface area contributed by atoms with E-state index < -0.39 is 5.82 Å². The average Bonchev–Trinajstić information content (AvgIpc) is 2.33. The normalized spacial score (nSPS) is 10.7. The van der Waals surface area contributed by atoms with Gasteiger partial charge in [-0.05, 0) is 35.7 Å². The predicted molar refractivity (Wildman–Crippen MR) is 68.6 cm³/mol. The molecule has 18 heavy (non-hydrogen) atoms. The van der Waals surface area contributed by atoms with Gasteiger partial charge < -0.3 is 0 Å². The number of halogens is 3. The first-order valence-electron chi connectivity index (χ1n) is 5.71. The summed E-state index contributed by atoms with van der Waals surface area (Å²) in [6, 6.07) is 5.80. The molecule has 0 amide bonds. The summed E-state index contributed by atoms with van der Waals surface area (Å²) in [7, 11) is 0. The van der Waals surface area contributed by atoms with E-state index >= 15 is 0 Å². The molecule has 0 N–H and O–H groups in total. The van der Waals surface area contributed by atoms with Crippen molar-refractivity contribution in [2.24, 2.45) is 0 Å². The third-order valence-electron chi connectivity index (χ3n) is 2.70. The number of benzene rings is 1. The first-order chi connectivity index (χ1) is 8.61. The maximum atomic E-state index is 13.8. The van der Waals surface area contributed by atoms with Crippen LogP contribution in [-0.2, 0) is 6.42 Å². The molecule has 0 spiro atoms. The summed E-state index contributed by atoms with van der Waals surface area (Å²) in [4.78, 5) is 3.67. The molecule has 0 unspecified atom stereocenters. The van der Waals surface area contributed by atoms with E-state index in [1.165, 1.54) is 18.2 Å². The second kappa shape index (κ2) is 5.44. The number of nitrogens with zero attached hydrogens (tertiary/aromatic N) is 1. The lowest BCUT2D eigenvalue weighted by atomic mass is 9.97. The summed E-state index contributed by atoms with van der Waals surface area (Å²) in [5.74, 6) is -0.772. The van der Waals surface area contributed by atoms with Gasteiger partial charge >= 0.3 is 0 Å². The smallest absolute Gasteiger partial charge is 0.149 e. The van der Waals surface area contributed by atoms with Crippen LogP contribution < -0.4 is 0 Å². The lowest BCUT2D eigenvalue weighted by Gasteiger charge is -2.10. The summed E-state index contributed by atoms with van der Waals surface area (Å²) in [6.07, 6.45) is 2.63. The molecule has 94 valence electrons. The standard InChI is InChI=1S/C14H12ClF2N/c1-2-3-9-6-10(16)4-5-11(9)12-7-14(15)18-8-13(12)17/h4-8H,2-3H2,1H3. The van der Waals surface area contributed by atoms with Crippen molar-refractivity contribution in [1.29, 1.82) is 0 Å². The van der Waals surface area contributed by atoms with E-state index in [0.29, 0.717) is 17.5 Å². The highest BCUT2D eigenvalue weighted by molar-refractivity contribution is 6.29. The molecule has 0 aliphatic heterocycles. The number of hydrogen-bond donors (Lipinski definition) is 0. The van der Waals surface area contributed by atoms with Gasteiger partial charge in [0.2, 0.25) is 0 Å². The van der Waals surface area contributed by atoms with Crippen molar-refractivity contribution in [3.8, 4) is 11.1 Å². The third kappa shape index (κ3) is 2.67. The van der Waals surface area contributed by atoms with E-state index in [1.54, 1.807) is 6.07 Å². The zero-order valence-corrected chi connectivity index (χ0v) is 10.6. The minimum atomic E-state index is -0.455. The van der Waals surface area contributed by atoms with Gasteiger partial charge in [0.25, 0.3) is 0 Å². The Kier molecular flexibility index (Phi) is 3.92. The molecule has 0 bridgehead atoms. The fourth-order valence-electron chi connectivity index (χ4n) is 1.92. The summed E-state index contributed by atoms with van der Waals surface area (Å²) < 4.78 is 27.0. The van der Waals surface area contributed by atoms with Gasteiger partial charge in [0.1, 0.15) is 16.8 Å². The highest BCUT2D eigenvalue weighted by Crippen LogP contribution is 2.29. The van der Waals surface area contributed by atoms with Gasteiger partial charge in [-0.1, -0.05) is 31.0 Å². The van der Waals surface area contributed by atoms with E-state index in [4.69, 9.17) is 11.6 Å². The lowest BCUT2D eigenvalue weighted by molar-refractivity contribution is 0.620. The quantitative estimate of drug-likeness (QED) is 0.739. The van der Waals surface area contributed by atoms with E-state index in [9.17, 15) is 8.78 Å². The van der Waals surface area contributed by atoms with E-state index in [1.807, 2.05) is 6.92 Å². The maximum absolute atomic E-state index is 13.8. The van der Waals surface area contributed by atoms with Crippen LogP contribution in [0.3, 0.4) is 0 Å². The zero-order valence-electron chi connectivity index (χ0n) is 9.88. The molecular formula is C14H12ClF2N. The zero-order chi connectivity index (χ0) is 13.1. The van der Waals surface area contributed by atoms with Crippen molar-refractivity contribution >= 4 is 11.6 Å². The van der Waals surface area contributed by atoms with Crippen LogP contribution in [0.4, 0.5) is 8.78 Å². The number of pyridine rings is 1. The molecule has 1 nitrogen and oxygen atoms in total. The number of aromatic nitrogens is 1. The van der Waals surface area contributed by atoms with Crippen LogP contribution in [0.5, 0.6) is 0 Å². The van der Waals surface area contributed by atoms with Gasteiger partial charge in [-0.3, -0.25) is 0 Å². The SMILES string of the molecule is CCCc1cc(F)ccc1-c1cc(Cl)ncc1F. The molecule has 0 saturated heterocycles. The van der Waals surface area contributed by atoms with E-state index in [2.05, 4.69) is 4.98 Å². The van der Waals surface area contributed by atoms with Gasteiger partial charge in [0, 0.05) is 5.56 Å². The molecule has 0 fully saturated rings. The molecule has 0 aliphatic carbocycles. The molecule has 1 heterocycles. The molecule has 0 radical (unpaired) electrons. The van der Waals surface area contributed by atoms with Crippen molar-refractivity contribution in [3.05, 3.63) is 52.8 Å². The summed E-state index contributed by atoms with van der Waals surface area (Å²) >= 11 is 5.78. The Hall–Kier alpha value is -1.48. The fraction of sp³-hybridized carbons (Fsp3) is 0.214. The van der Waals surface area contributed by atoms with Crippen LogP contribution >= 0.6 is 11.6 Å². The Labute approximate surface area is 109 Å². The number of hydrogen-bond acceptors (Lipinski definition) is 1. The van der Waals surface area contributed by atoms with Gasteiger partial charge in [-0.2, -0.15) is 0 Å². The summed E-state index contributed by atoms with van der Waals surface area (Å²) in [5.41, 5.74) is 1.80. The number of aryl methyl sites for hydroxylation is 1. The molecule has 1 aromatic carbocycles. The monoisotopic (exact) mass is 267 g/mol. The molecule has 0 saturated carbocycles. The molecule has 4 heteroatoms. The van der Waals surface area contributed by atoms with Crippen LogP contribution in [-0.4, -0.2) is 4.98 Å². The second-order valence-corrected chi connectivity index (χ2v) is 4.43. The van der Waals surface area contributed by atoms with Gasteiger partial charge in [-0.25, -0.2) is 13.8 Å². The predicted octanol–water partition coefficient (Wildman–Crippen LogP) is 4.63. The molecule has 2 aromatic rings. The van der Waals surface area contributed by atoms with E-state index in [0.717, 1.165) is 18.2 Å². The Balaban J connectivity index is 2.58. The summed E-state index contributed by atoms with van der Waals surface area (Å²) in [6.45, 7) is 1.99. The van der Waals surface area contributed by atoms with Crippen molar-refractivity contribution in [2.75, 3.05) is 0 Å². The minimum Gasteiger partial charge on any atom is -0.241 e. The molecule has 2 rings (SSSR count). The van der Waals surface area contributed by atoms with Crippen LogP contribution in [0.15, 0.2) is 30.5 Å². The van der Waals surface area contributed by atoms with Crippen LogP contribution in [0.1, 0.15) is 18.9 Å². The van der Waals surface area contributed by atoms with Crippen molar-refractivity contribution in [1.82, 2.24) is 4.98 Å². The Bertz CT molecular complexity index is 570. The van der Waals surface area contributed by atoms with Crippen molar-refractivity contribution in [2.45, 2.75) is 19.8 Å². The second-order valence-electron chi connectivity index (χ2n) is 4.04. The van der Waals surface area contributed by atoms with Crippen LogP contribution in [0.25, 0.3) is 11.1 Å². The molecular weight excluding hydrogens is 256 g/mol. The highest BCUT2D eigenvalue weighted by Gasteiger charge is 2.11. The van der Waals surface area contributed by atoms with Crippen molar-refractivity contribution < 1.29 is 8.78 Å². The first-order valence-corrected chi connectivity index (χ1v) is 6.09. The first kappa shape index (κ1) is 13.0. The van der Waals surface area contributed by atoms with Gasteiger partial charge in [-0.15, -0.1) is 0 Å². The van der Waals surface area contributed by atoms with Crippen LogP contribution in [0, 0.1) is 11.6 Å². The fourth-order valence-corrected chi connectivity index (χ4v) is 2.08. The van der Waals surface area contributed by atoms with Crippen molar-refractivity contribution in [3.63, 3.8) is 0 Å². The Morgan fingerprint density at radius 3 is 2.67 bits per heavy atom. The minimum absolute atomic E-state index is 0.221. The third-order valence-corrected chi connectivity index (χ3v) is 2.91. The van der Waals surface area contributed by atoms with Gasteiger partial charge in [0.05, 0.1) is 6.20 Å². The lowest BCUT2D eigenvalue weighted by Crippen LogP contribution is -1.94. The largest absolute Gasteiger partial charge is 0.241 e.